The van der Waals surface area contributed by atoms with Crippen LogP contribution in [0.3, 0.4) is 0 Å². The van der Waals surface area contributed by atoms with Crippen molar-refractivity contribution in [3.05, 3.63) is 68.1 Å². The maximum Gasteiger partial charge on any atom is 0.573 e. The van der Waals surface area contributed by atoms with E-state index < -0.39 is 34.9 Å². The van der Waals surface area contributed by atoms with Crippen LogP contribution in [0.4, 0.5) is 28.2 Å². The van der Waals surface area contributed by atoms with Crippen LogP contribution in [-0.2, 0) is 9.47 Å². The van der Waals surface area contributed by atoms with Gasteiger partial charge in [0.25, 0.3) is 5.91 Å². The Bertz CT molecular complexity index is 1410. The van der Waals surface area contributed by atoms with Crippen molar-refractivity contribution in [2.75, 3.05) is 18.5 Å². The quantitative estimate of drug-likeness (QED) is 0.132. The van der Waals surface area contributed by atoms with Crippen molar-refractivity contribution in [2.45, 2.75) is 20.2 Å². The molecule has 0 fully saturated rings. The Morgan fingerprint density at radius 2 is 1.62 bits per heavy atom. The summed E-state index contributed by atoms with van der Waals surface area (Å²) in [6.07, 6.45) is -3.67. The fraction of sp³-hybridized carbons (Fsp3) is 0.217. The molecule has 3 rings (SSSR count). The number of ether oxygens (including phenoxy) is 3. The summed E-state index contributed by atoms with van der Waals surface area (Å²) in [5.74, 6) is -3.26. The molecule has 3 aromatic rings. The van der Waals surface area contributed by atoms with Gasteiger partial charge in [-0.25, -0.2) is 14.6 Å². The summed E-state index contributed by atoms with van der Waals surface area (Å²) in [4.78, 5) is 53.5. The van der Waals surface area contributed by atoms with E-state index >= 15 is 0 Å². The maximum absolute atomic E-state index is 12.9. The third kappa shape index (κ3) is 7.61. The van der Waals surface area contributed by atoms with E-state index in [-0.39, 0.29) is 44.9 Å². The van der Waals surface area contributed by atoms with Gasteiger partial charge in [-0.15, -0.1) is 13.2 Å². The number of benzene rings is 1. The Hall–Kier alpha value is -4.31. The number of alkyl halides is 3. The van der Waals surface area contributed by atoms with Crippen molar-refractivity contribution in [3.8, 4) is 5.75 Å². The topological polar surface area (TPSA) is 146 Å². The van der Waals surface area contributed by atoms with Crippen molar-refractivity contribution in [3.63, 3.8) is 0 Å². The predicted molar refractivity (Wildman–Crippen MR) is 136 cm³/mol. The number of halogens is 3. The standard InChI is InChI=1S/C23H18F3N3O8S2/c1-3-35-21(31)16-17(22(32)36-4-2)20(39-19(16)27-11-14-9-10-15(38-14)29(33)34)28-18(30)12-5-7-13(8-6-12)37-23(24,25)26/h5-11H,3-4H2,1-2H3,(H,28,30). The van der Waals surface area contributed by atoms with Crippen LogP contribution >= 0.6 is 22.7 Å². The summed E-state index contributed by atoms with van der Waals surface area (Å²) in [5.41, 5.74) is -0.719. The van der Waals surface area contributed by atoms with Gasteiger partial charge in [-0.3, -0.25) is 14.9 Å². The van der Waals surface area contributed by atoms with Gasteiger partial charge >= 0.3 is 23.3 Å². The first-order valence-corrected chi connectivity index (χ1v) is 12.5. The minimum atomic E-state index is -4.91. The second-order valence-corrected chi connectivity index (χ2v) is 9.24. The number of anilines is 1. The van der Waals surface area contributed by atoms with E-state index in [1.807, 2.05) is 0 Å². The van der Waals surface area contributed by atoms with Crippen molar-refractivity contribution in [1.82, 2.24) is 0 Å². The molecule has 2 heterocycles. The van der Waals surface area contributed by atoms with Crippen molar-refractivity contribution in [1.29, 1.82) is 0 Å². The molecule has 1 amide bonds. The van der Waals surface area contributed by atoms with Crippen LogP contribution in [0, 0.1) is 10.1 Å². The molecule has 0 atom stereocenters. The number of carbonyl (C=O) groups excluding carboxylic acids is 3. The van der Waals surface area contributed by atoms with E-state index in [0.717, 1.165) is 46.9 Å². The average molecular weight is 586 g/mol. The molecule has 0 bridgehead atoms. The molecule has 0 spiro atoms. The van der Waals surface area contributed by atoms with Crippen LogP contribution in [0.5, 0.6) is 5.75 Å². The Kier molecular flexibility index (Phi) is 9.37. The van der Waals surface area contributed by atoms with Gasteiger partial charge in [-0.2, -0.15) is 0 Å². The zero-order valence-corrected chi connectivity index (χ0v) is 21.7. The highest BCUT2D eigenvalue weighted by Gasteiger charge is 2.32. The number of nitrogens with one attached hydrogen (secondary N) is 1. The Morgan fingerprint density at radius 3 is 2.15 bits per heavy atom. The fourth-order valence-electron chi connectivity index (χ4n) is 3.00. The van der Waals surface area contributed by atoms with Crippen LogP contribution in [0.2, 0.25) is 0 Å². The van der Waals surface area contributed by atoms with Gasteiger partial charge in [0.05, 0.1) is 23.0 Å². The zero-order chi connectivity index (χ0) is 28.7. The van der Waals surface area contributed by atoms with Gasteiger partial charge in [0.1, 0.15) is 26.9 Å². The molecule has 1 aromatic carbocycles. The lowest BCUT2D eigenvalue weighted by Gasteiger charge is -2.10. The molecular weight excluding hydrogens is 567 g/mol. The second kappa shape index (κ2) is 12.5. The monoisotopic (exact) mass is 585 g/mol. The van der Waals surface area contributed by atoms with E-state index in [2.05, 4.69) is 15.0 Å². The number of hydrogen-bond acceptors (Lipinski definition) is 11. The largest absolute Gasteiger partial charge is 0.573 e. The molecule has 2 aromatic heterocycles. The van der Waals surface area contributed by atoms with Crippen LogP contribution in [0.25, 0.3) is 0 Å². The molecule has 0 aliphatic heterocycles. The maximum atomic E-state index is 12.9. The SMILES string of the molecule is CCOC(=O)c1c(N=Cc2ccc([N+](=O)[O-])s2)sc(NC(=O)c2ccc(OC(F)(F)F)cc2)c1C(=O)OCC. The number of nitro groups is 1. The lowest BCUT2D eigenvalue weighted by Crippen LogP contribution is -2.18. The number of thiophene rings is 2. The molecule has 0 unspecified atom stereocenters. The highest BCUT2D eigenvalue weighted by atomic mass is 32.1. The summed E-state index contributed by atoms with van der Waals surface area (Å²) in [7, 11) is 0. The van der Waals surface area contributed by atoms with Gasteiger partial charge in [0.15, 0.2) is 0 Å². The minimum absolute atomic E-state index is 0.0503. The van der Waals surface area contributed by atoms with Crippen molar-refractivity contribution < 1.29 is 46.7 Å². The van der Waals surface area contributed by atoms with E-state index in [4.69, 9.17) is 9.47 Å². The molecular formula is C23H18F3N3O8S2. The molecule has 0 saturated carbocycles. The zero-order valence-electron chi connectivity index (χ0n) is 20.1. The second-order valence-electron chi connectivity index (χ2n) is 7.14. The summed E-state index contributed by atoms with van der Waals surface area (Å²) in [6, 6.07) is 6.72. The molecule has 0 saturated heterocycles. The third-order valence-corrected chi connectivity index (χ3v) is 6.51. The first-order chi connectivity index (χ1) is 18.4. The smallest absolute Gasteiger partial charge is 0.462 e. The Labute approximate surface area is 226 Å². The summed E-state index contributed by atoms with van der Waals surface area (Å²) in [5, 5.41) is 13.1. The fourth-order valence-corrected chi connectivity index (χ4v) is 4.72. The van der Waals surface area contributed by atoms with Crippen LogP contribution in [-0.4, -0.2) is 48.6 Å². The number of nitrogens with zero attached hydrogens (tertiary/aromatic N) is 2. The molecule has 11 nitrogen and oxygen atoms in total. The van der Waals surface area contributed by atoms with Gasteiger partial charge < -0.3 is 19.5 Å². The lowest BCUT2D eigenvalue weighted by molar-refractivity contribution is -0.380. The summed E-state index contributed by atoms with van der Waals surface area (Å²) < 4.78 is 51.1. The number of carbonyl (C=O) groups is 3. The average Bonchev–Trinajstić information content (AvgIpc) is 3.47. The predicted octanol–water partition coefficient (Wildman–Crippen LogP) is 5.97. The van der Waals surface area contributed by atoms with Crippen LogP contribution < -0.4 is 10.1 Å². The molecule has 39 heavy (non-hydrogen) atoms. The Balaban J connectivity index is 2.02. The molecule has 206 valence electrons. The molecule has 0 radical (unpaired) electrons. The number of aliphatic imine (C=N–C) groups is 1. The number of amides is 1. The number of hydrogen-bond donors (Lipinski definition) is 1. The van der Waals surface area contributed by atoms with E-state index in [1.165, 1.54) is 32.2 Å². The third-order valence-electron chi connectivity index (χ3n) is 4.53. The molecule has 0 aliphatic carbocycles. The number of esters is 2. The Morgan fingerprint density at radius 1 is 1.00 bits per heavy atom. The first kappa shape index (κ1) is 29.2. The number of rotatable bonds is 10. The van der Waals surface area contributed by atoms with Gasteiger partial charge in [-0.1, -0.05) is 22.7 Å². The minimum Gasteiger partial charge on any atom is -0.462 e. The van der Waals surface area contributed by atoms with Crippen molar-refractivity contribution >= 4 is 61.7 Å². The highest BCUT2D eigenvalue weighted by Crippen LogP contribution is 2.41. The molecule has 1 N–H and O–H groups in total. The first-order valence-electron chi connectivity index (χ1n) is 10.9. The van der Waals surface area contributed by atoms with Gasteiger partial charge in [-0.05, 0) is 44.2 Å². The highest BCUT2D eigenvalue weighted by molar-refractivity contribution is 7.21. The summed E-state index contributed by atoms with van der Waals surface area (Å²) >= 11 is 1.55. The van der Waals surface area contributed by atoms with E-state index in [0.29, 0.717) is 4.88 Å². The summed E-state index contributed by atoms with van der Waals surface area (Å²) in [6.45, 7) is 2.95. The normalized spacial score (nSPS) is 11.3. The van der Waals surface area contributed by atoms with Gasteiger partial charge in [0.2, 0.25) is 0 Å². The van der Waals surface area contributed by atoms with Crippen LogP contribution in [0.1, 0.15) is 49.8 Å². The molecule has 16 heteroatoms. The van der Waals surface area contributed by atoms with Gasteiger partial charge in [0, 0.05) is 17.8 Å². The van der Waals surface area contributed by atoms with Crippen molar-refractivity contribution in [2.24, 2.45) is 4.99 Å². The van der Waals surface area contributed by atoms with E-state index in [1.54, 1.807) is 0 Å². The lowest BCUT2D eigenvalue weighted by atomic mass is 10.1. The molecule has 0 aliphatic rings. The van der Waals surface area contributed by atoms with Crippen LogP contribution in [0.15, 0.2) is 41.4 Å². The van der Waals surface area contributed by atoms with E-state index in [9.17, 15) is 37.7 Å².